The maximum Gasteiger partial charge on any atom is 0.242 e. The highest BCUT2D eigenvalue weighted by atomic mass is 16.3. The van der Waals surface area contributed by atoms with Crippen LogP contribution in [0.5, 0.6) is 0 Å². The Balaban J connectivity index is 1.98. The first-order valence-electron chi connectivity index (χ1n) is 6.48. The van der Waals surface area contributed by atoms with Gasteiger partial charge in [-0.15, -0.1) is 0 Å². The fourth-order valence-electron chi connectivity index (χ4n) is 2.68. The van der Waals surface area contributed by atoms with Gasteiger partial charge in [-0.3, -0.25) is 9.48 Å². The Labute approximate surface area is 107 Å². The fourth-order valence-corrected chi connectivity index (χ4v) is 2.68. The molecule has 0 radical (unpaired) electrons. The topological polar surface area (TPSA) is 67.2 Å². The van der Waals surface area contributed by atoms with E-state index in [1.165, 1.54) is 0 Å². The van der Waals surface area contributed by atoms with Crippen molar-refractivity contribution in [3.05, 3.63) is 17.5 Å². The van der Waals surface area contributed by atoms with Gasteiger partial charge in [0.2, 0.25) is 5.91 Å². The Bertz CT molecular complexity index is 433. The van der Waals surface area contributed by atoms with Gasteiger partial charge in [0, 0.05) is 5.69 Å². The van der Waals surface area contributed by atoms with E-state index in [9.17, 15) is 9.90 Å². The zero-order valence-corrected chi connectivity index (χ0v) is 11.1. The van der Waals surface area contributed by atoms with Gasteiger partial charge >= 0.3 is 0 Å². The Morgan fingerprint density at radius 3 is 2.67 bits per heavy atom. The van der Waals surface area contributed by atoms with Crippen LogP contribution in [0.4, 0.5) is 0 Å². The number of aryl methyl sites for hydroxylation is 2. The third-order valence-electron chi connectivity index (χ3n) is 3.66. The average molecular weight is 251 g/mol. The second-order valence-electron chi connectivity index (χ2n) is 5.28. The summed E-state index contributed by atoms with van der Waals surface area (Å²) in [7, 11) is 0. The van der Waals surface area contributed by atoms with E-state index in [4.69, 9.17) is 0 Å². The highest BCUT2D eigenvalue weighted by Crippen LogP contribution is 2.29. The summed E-state index contributed by atoms with van der Waals surface area (Å²) in [6, 6.07) is 1.95. The zero-order chi connectivity index (χ0) is 13.2. The lowest BCUT2D eigenvalue weighted by Gasteiger charge is -2.28. The van der Waals surface area contributed by atoms with Crippen LogP contribution in [0.1, 0.15) is 37.1 Å². The van der Waals surface area contributed by atoms with Crippen LogP contribution in [-0.4, -0.2) is 32.9 Å². The van der Waals surface area contributed by atoms with Crippen LogP contribution in [0.15, 0.2) is 6.07 Å². The molecule has 1 amide bonds. The van der Waals surface area contributed by atoms with Crippen LogP contribution in [-0.2, 0) is 11.3 Å². The largest absolute Gasteiger partial charge is 0.394 e. The van der Waals surface area contributed by atoms with Gasteiger partial charge in [0.15, 0.2) is 0 Å². The lowest BCUT2D eigenvalue weighted by Crippen LogP contribution is -2.50. The quantitative estimate of drug-likeness (QED) is 0.836. The van der Waals surface area contributed by atoms with Gasteiger partial charge in [-0.1, -0.05) is 12.8 Å². The number of hydrogen-bond donors (Lipinski definition) is 2. The lowest BCUT2D eigenvalue weighted by molar-refractivity contribution is -0.124. The monoisotopic (exact) mass is 251 g/mol. The molecule has 0 atom stereocenters. The summed E-state index contributed by atoms with van der Waals surface area (Å²) in [5.74, 6) is -0.0721. The molecule has 1 aliphatic carbocycles. The normalized spacial score (nSPS) is 17.9. The molecular formula is C13H21N3O2. The van der Waals surface area contributed by atoms with Crippen LogP contribution in [0, 0.1) is 13.8 Å². The molecule has 0 bridgehead atoms. The number of amides is 1. The Hall–Kier alpha value is -1.36. The van der Waals surface area contributed by atoms with Gasteiger partial charge in [0.1, 0.15) is 6.54 Å². The van der Waals surface area contributed by atoms with Crippen molar-refractivity contribution in [3.63, 3.8) is 0 Å². The molecule has 2 N–H and O–H groups in total. The smallest absolute Gasteiger partial charge is 0.242 e. The van der Waals surface area contributed by atoms with Crippen molar-refractivity contribution < 1.29 is 9.90 Å². The maximum absolute atomic E-state index is 12.0. The first kappa shape index (κ1) is 13.1. The molecule has 1 heterocycles. The summed E-state index contributed by atoms with van der Waals surface area (Å²) in [4.78, 5) is 12.0. The Kier molecular flexibility index (Phi) is 3.71. The number of aliphatic hydroxyl groups excluding tert-OH is 1. The molecule has 5 heteroatoms. The molecule has 100 valence electrons. The van der Waals surface area contributed by atoms with E-state index < -0.39 is 5.54 Å². The number of aliphatic hydroxyl groups is 1. The van der Waals surface area contributed by atoms with E-state index >= 15 is 0 Å². The van der Waals surface area contributed by atoms with Crippen LogP contribution in [0.2, 0.25) is 0 Å². The Morgan fingerprint density at radius 2 is 2.17 bits per heavy atom. The average Bonchev–Trinajstić information content (AvgIpc) is 2.87. The lowest BCUT2D eigenvalue weighted by atomic mass is 9.99. The van der Waals surface area contributed by atoms with Crippen molar-refractivity contribution >= 4 is 5.91 Å². The minimum atomic E-state index is -0.396. The zero-order valence-electron chi connectivity index (χ0n) is 11.1. The summed E-state index contributed by atoms with van der Waals surface area (Å²) < 4.78 is 1.70. The molecule has 18 heavy (non-hydrogen) atoms. The standard InChI is InChI=1S/C13H21N3O2/c1-10-7-11(2)16(15-10)8-12(18)14-13(9-17)5-3-4-6-13/h7,17H,3-6,8-9H2,1-2H3,(H,14,18). The summed E-state index contributed by atoms with van der Waals surface area (Å²) in [6.07, 6.45) is 3.88. The van der Waals surface area contributed by atoms with Crippen molar-refractivity contribution in [3.8, 4) is 0 Å². The highest BCUT2D eigenvalue weighted by molar-refractivity contribution is 5.76. The fraction of sp³-hybridized carbons (Fsp3) is 0.692. The Morgan fingerprint density at radius 1 is 1.50 bits per heavy atom. The van der Waals surface area contributed by atoms with Gasteiger partial charge < -0.3 is 10.4 Å². The van der Waals surface area contributed by atoms with Crippen LogP contribution in [0.25, 0.3) is 0 Å². The number of nitrogens with one attached hydrogen (secondary N) is 1. The minimum Gasteiger partial charge on any atom is -0.394 e. The van der Waals surface area contributed by atoms with Gasteiger partial charge in [-0.05, 0) is 32.8 Å². The molecule has 0 unspecified atom stereocenters. The summed E-state index contributed by atoms with van der Waals surface area (Å²) in [6.45, 7) is 4.09. The summed E-state index contributed by atoms with van der Waals surface area (Å²) >= 11 is 0. The molecule has 0 spiro atoms. The summed E-state index contributed by atoms with van der Waals surface area (Å²) in [5, 5.41) is 16.7. The van der Waals surface area contributed by atoms with Crippen LogP contribution < -0.4 is 5.32 Å². The molecule has 1 aliphatic rings. The molecule has 1 aromatic heterocycles. The van der Waals surface area contributed by atoms with Crippen LogP contribution in [0.3, 0.4) is 0 Å². The molecule has 0 aromatic carbocycles. The van der Waals surface area contributed by atoms with Gasteiger partial charge in [0.05, 0.1) is 17.8 Å². The van der Waals surface area contributed by atoms with Gasteiger partial charge in [-0.2, -0.15) is 5.10 Å². The molecule has 2 rings (SSSR count). The highest BCUT2D eigenvalue weighted by Gasteiger charge is 2.34. The second-order valence-corrected chi connectivity index (χ2v) is 5.28. The second kappa shape index (κ2) is 5.10. The first-order valence-corrected chi connectivity index (χ1v) is 6.48. The number of hydrogen-bond acceptors (Lipinski definition) is 3. The SMILES string of the molecule is Cc1cc(C)n(CC(=O)NC2(CO)CCCC2)n1. The predicted octanol–water partition coefficient (Wildman–Crippen LogP) is 0.921. The maximum atomic E-state index is 12.0. The van der Waals surface area contributed by atoms with Crippen molar-refractivity contribution in [2.75, 3.05) is 6.61 Å². The van der Waals surface area contributed by atoms with Gasteiger partial charge in [0.25, 0.3) is 0 Å². The first-order chi connectivity index (χ1) is 8.54. The van der Waals surface area contributed by atoms with E-state index in [1.807, 2.05) is 19.9 Å². The van der Waals surface area contributed by atoms with E-state index in [0.29, 0.717) is 0 Å². The molecule has 1 saturated carbocycles. The van der Waals surface area contributed by atoms with Crippen LogP contribution >= 0.6 is 0 Å². The summed E-state index contributed by atoms with van der Waals surface area (Å²) in [5.41, 5.74) is 1.50. The molecule has 0 aliphatic heterocycles. The van der Waals surface area contributed by atoms with E-state index in [0.717, 1.165) is 37.1 Å². The third kappa shape index (κ3) is 2.72. The minimum absolute atomic E-state index is 0.0237. The molecule has 5 nitrogen and oxygen atoms in total. The molecule has 1 fully saturated rings. The van der Waals surface area contributed by atoms with Crippen molar-refractivity contribution in [1.29, 1.82) is 0 Å². The number of aromatic nitrogens is 2. The van der Waals surface area contributed by atoms with E-state index in [-0.39, 0.29) is 19.1 Å². The molecule has 0 saturated heterocycles. The number of carbonyl (C=O) groups excluding carboxylic acids is 1. The van der Waals surface area contributed by atoms with Gasteiger partial charge in [-0.25, -0.2) is 0 Å². The number of nitrogens with zero attached hydrogens (tertiary/aromatic N) is 2. The molecule has 1 aromatic rings. The third-order valence-corrected chi connectivity index (χ3v) is 3.66. The molecular weight excluding hydrogens is 230 g/mol. The van der Waals surface area contributed by atoms with Crippen molar-refractivity contribution in [2.45, 2.75) is 51.6 Å². The number of carbonyl (C=O) groups is 1. The van der Waals surface area contributed by atoms with E-state index in [1.54, 1.807) is 4.68 Å². The van der Waals surface area contributed by atoms with Crippen molar-refractivity contribution in [2.24, 2.45) is 0 Å². The van der Waals surface area contributed by atoms with E-state index in [2.05, 4.69) is 10.4 Å². The predicted molar refractivity (Wildman–Crippen MR) is 68.1 cm³/mol. The van der Waals surface area contributed by atoms with Crippen molar-refractivity contribution in [1.82, 2.24) is 15.1 Å². The number of rotatable bonds is 4.